The van der Waals surface area contributed by atoms with Crippen molar-refractivity contribution in [2.45, 2.75) is 6.92 Å². The molecule has 0 unspecified atom stereocenters. The van der Waals surface area contributed by atoms with Crippen LogP contribution in [0, 0.1) is 6.92 Å². The third kappa shape index (κ3) is 2.22. The molecule has 0 aliphatic heterocycles. The Bertz CT molecular complexity index is 745. The SMILES string of the molecule is Cc1nc(-c2cncc3ccccc23)nc(Cl)c1Br. The Balaban J connectivity index is 2.31. The standard InChI is InChI=1S/C14H9BrClN3/c1-8-12(15)13(16)19-14(18-8)11-7-17-6-9-4-2-3-5-10(9)11/h2-7H,1H3. The largest absolute Gasteiger partial charge is 0.263 e. The van der Waals surface area contributed by atoms with E-state index in [2.05, 4.69) is 30.9 Å². The summed E-state index contributed by atoms with van der Waals surface area (Å²) in [5, 5.41) is 2.53. The van der Waals surface area contributed by atoms with Crippen molar-refractivity contribution in [1.29, 1.82) is 0 Å². The molecule has 19 heavy (non-hydrogen) atoms. The van der Waals surface area contributed by atoms with Crippen molar-refractivity contribution < 1.29 is 0 Å². The van der Waals surface area contributed by atoms with E-state index in [0.717, 1.165) is 26.5 Å². The zero-order chi connectivity index (χ0) is 13.4. The van der Waals surface area contributed by atoms with Crippen molar-refractivity contribution in [3.8, 4) is 11.4 Å². The molecule has 3 aromatic rings. The summed E-state index contributed by atoms with van der Waals surface area (Å²) < 4.78 is 0.728. The van der Waals surface area contributed by atoms with Crippen LogP contribution >= 0.6 is 27.5 Å². The van der Waals surface area contributed by atoms with Crippen LogP contribution in [0.3, 0.4) is 0 Å². The van der Waals surface area contributed by atoms with Gasteiger partial charge < -0.3 is 0 Å². The molecule has 2 heterocycles. The quantitative estimate of drug-likeness (QED) is 0.618. The predicted molar refractivity (Wildman–Crippen MR) is 80.2 cm³/mol. The summed E-state index contributed by atoms with van der Waals surface area (Å²) in [6.45, 7) is 1.89. The molecule has 0 atom stereocenters. The van der Waals surface area contributed by atoms with Gasteiger partial charge in [0.1, 0.15) is 5.15 Å². The maximum Gasteiger partial charge on any atom is 0.163 e. The van der Waals surface area contributed by atoms with Crippen LogP contribution < -0.4 is 0 Å². The topological polar surface area (TPSA) is 38.7 Å². The van der Waals surface area contributed by atoms with Gasteiger partial charge in [0, 0.05) is 23.3 Å². The van der Waals surface area contributed by atoms with Gasteiger partial charge in [0.2, 0.25) is 0 Å². The minimum atomic E-state index is 0.412. The Morgan fingerprint density at radius 2 is 1.89 bits per heavy atom. The fourth-order valence-corrected chi connectivity index (χ4v) is 2.33. The molecule has 1 aromatic carbocycles. The second-order valence-corrected chi connectivity index (χ2v) is 5.30. The molecule has 0 N–H and O–H groups in total. The third-order valence-corrected chi connectivity index (χ3v) is 4.34. The average molecular weight is 335 g/mol. The van der Waals surface area contributed by atoms with Crippen LogP contribution in [-0.2, 0) is 0 Å². The van der Waals surface area contributed by atoms with Crippen molar-refractivity contribution in [2.24, 2.45) is 0 Å². The number of fused-ring (bicyclic) bond motifs is 1. The number of hydrogen-bond acceptors (Lipinski definition) is 3. The van der Waals surface area contributed by atoms with E-state index in [9.17, 15) is 0 Å². The van der Waals surface area contributed by atoms with Crippen molar-refractivity contribution in [1.82, 2.24) is 15.0 Å². The van der Waals surface area contributed by atoms with Crippen molar-refractivity contribution in [2.75, 3.05) is 0 Å². The van der Waals surface area contributed by atoms with Crippen LogP contribution in [0.1, 0.15) is 5.69 Å². The highest BCUT2D eigenvalue weighted by Crippen LogP contribution is 2.29. The molecule has 94 valence electrons. The number of halogens is 2. The highest BCUT2D eigenvalue weighted by molar-refractivity contribution is 9.10. The number of nitrogens with zero attached hydrogens (tertiary/aromatic N) is 3. The Kier molecular flexibility index (Phi) is 3.21. The lowest BCUT2D eigenvalue weighted by Crippen LogP contribution is -1.95. The van der Waals surface area contributed by atoms with E-state index in [1.165, 1.54) is 0 Å². The van der Waals surface area contributed by atoms with Gasteiger partial charge in [0.15, 0.2) is 5.82 Å². The molecule has 0 aliphatic carbocycles. The van der Waals surface area contributed by atoms with Crippen molar-refractivity contribution in [3.63, 3.8) is 0 Å². The first-order chi connectivity index (χ1) is 9.16. The summed E-state index contributed by atoms with van der Waals surface area (Å²) in [6.07, 6.45) is 3.59. The van der Waals surface area contributed by atoms with Crippen molar-refractivity contribution in [3.05, 3.63) is 52.0 Å². The molecule has 0 amide bonds. The molecule has 0 saturated heterocycles. The maximum absolute atomic E-state index is 6.10. The number of aryl methyl sites for hydroxylation is 1. The first-order valence-electron chi connectivity index (χ1n) is 5.69. The number of benzene rings is 1. The number of pyridine rings is 1. The number of hydrogen-bond donors (Lipinski definition) is 0. The summed E-state index contributed by atoms with van der Waals surface area (Å²) >= 11 is 9.46. The molecule has 3 rings (SSSR count). The molecule has 0 bridgehead atoms. The fraction of sp³-hybridized carbons (Fsp3) is 0.0714. The minimum absolute atomic E-state index is 0.412. The van der Waals surface area contributed by atoms with Crippen LogP contribution in [0.5, 0.6) is 0 Å². The van der Waals surface area contributed by atoms with Gasteiger partial charge in [-0.25, -0.2) is 9.97 Å². The molecule has 2 aromatic heterocycles. The predicted octanol–water partition coefficient (Wildman–Crippen LogP) is 4.42. The van der Waals surface area contributed by atoms with Crippen LogP contribution in [-0.4, -0.2) is 15.0 Å². The van der Waals surface area contributed by atoms with Gasteiger partial charge >= 0.3 is 0 Å². The monoisotopic (exact) mass is 333 g/mol. The first-order valence-corrected chi connectivity index (χ1v) is 6.86. The normalized spacial score (nSPS) is 10.9. The van der Waals surface area contributed by atoms with Crippen molar-refractivity contribution >= 4 is 38.3 Å². The molecule has 3 nitrogen and oxygen atoms in total. The van der Waals surface area contributed by atoms with E-state index in [0.29, 0.717) is 11.0 Å². The van der Waals surface area contributed by atoms with Crippen LogP contribution in [0.4, 0.5) is 0 Å². The van der Waals surface area contributed by atoms with Gasteiger partial charge in [-0.15, -0.1) is 0 Å². The van der Waals surface area contributed by atoms with E-state index < -0.39 is 0 Å². The second kappa shape index (κ2) is 4.87. The first kappa shape index (κ1) is 12.5. The summed E-state index contributed by atoms with van der Waals surface area (Å²) in [4.78, 5) is 13.0. The molecule has 0 aliphatic rings. The highest BCUT2D eigenvalue weighted by Gasteiger charge is 2.11. The number of aromatic nitrogens is 3. The zero-order valence-electron chi connectivity index (χ0n) is 10.1. The Hall–Kier alpha value is -1.52. The third-order valence-electron chi connectivity index (χ3n) is 2.89. The van der Waals surface area contributed by atoms with E-state index in [1.54, 1.807) is 6.20 Å². The lowest BCUT2D eigenvalue weighted by molar-refractivity contribution is 1.09. The Morgan fingerprint density at radius 3 is 2.68 bits per heavy atom. The van der Waals surface area contributed by atoms with Gasteiger partial charge in [0.25, 0.3) is 0 Å². The van der Waals surface area contributed by atoms with E-state index in [1.807, 2.05) is 37.4 Å². The summed E-state index contributed by atoms with van der Waals surface area (Å²) in [5.41, 5.74) is 1.69. The molecule has 0 saturated carbocycles. The van der Waals surface area contributed by atoms with E-state index in [4.69, 9.17) is 11.6 Å². The highest BCUT2D eigenvalue weighted by atomic mass is 79.9. The second-order valence-electron chi connectivity index (χ2n) is 4.15. The molecule has 5 heteroatoms. The van der Waals surface area contributed by atoms with Crippen LogP contribution in [0.15, 0.2) is 41.1 Å². The zero-order valence-corrected chi connectivity index (χ0v) is 12.4. The Morgan fingerprint density at radius 1 is 1.11 bits per heavy atom. The molecule has 0 fully saturated rings. The molecular weight excluding hydrogens is 326 g/mol. The molecule has 0 spiro atoms. The fourth-order valence-electron chi connectivity index (χ4n) is 1.94. The summed E-state index contributed by atoms with van der Waals surface area (Å²) in [7, 11) is 0. The maximum atomic E-state index is 6.10. The van der Waals surface area contributed by atoms with Crippen LogP contribution in [0.2, 0.25) is 5.15 Å². The smallest absolute Gasteiger partial charge is 0.163 e. The lowest BCUT2D eigenvalue weighted by Gasteiger charge is -2.07. The lowest BCUT2D eigenvalue weighted by atomic mass is 10.1. The number of rotatable bonds is 1. The van der Waals surface area contributed by atoms with Crippen LogP contribution in [0.25, 0.3) is 22.2 Å². The van der Waals surface area contributed by atoms with Gasteiger partial charge in [-0.2, -0.15) is 0 Å². The molecular formula is C14H9BrClN3. The van der Waals surface area contributed by atoms with Gasteiger partial charge in [-0.1, -0.05) is 35.9 Å². The van der Waals surface area contributed by atoms with Gasteiger partial charge in [-0.05, 0) is 28.2 Å². The molecule has 0 radical (unpaired) electrons. The van der Waals surface area contributed by atoms with E-state index in [-0.39, 0.29) is 0 Å². The van der Waals surface area contributed by atoms with Gasteiger partial charge in [0.05, 0.1) is 10.2 Å². The summed E-state index contributed by atoms with van der Waals surface area (Å²) in [6, 6.07) is 8.01. The van der Waals surface area contributed by atoms with E-state index >= 15 is 0 Å². The Labute approximate surface area is 123 Å². The average Bonchev–Trinajstić information content (AvgIpc) is 2.43. The van der Waals surface area contributed by atoms with Gasteiger partial charge in [-0.3, -0.25) is 4.98 Å². The minimum Gasteiger partial charge on any atom is -0.263 e. The summed E-state index contributed by atoms with van der Waals surface area (Å²) in [5.74, 6) is 0.593.